The highest BCUT2D eigenvalue weighted by atomic mass is 32.2. The highest BCUT2D eigenvalue weighted by Crippen LogP contribution is 2.29. The van der Waals surface area contributed by atoms with E-state index in [0.717, 1.165) is 5.92 Å². The third kappa shape index (κ3) is 3.27. The molecule has 0 saturated heterocycles. The minimum absolute atomic E-state index is 0.963. The smallest absolute Gasteiger partial charge is 0.00693 e. The van der Waals surface area contributed by atoms with Gasteiger partial charge in [0.25, 0.3) is 0 Å². The molecule has 1 aromatic carbocycles. The normalized spacial score (nSPS) is 17.1. The summed E-state index contributed by atoms with van der Waals surface area (Å²) in [5.41, 5.74) is 1.39. The van der Waals surface area contributed by atoms with Crippen molar-refractivity contribution in [3.63, 3.8) is 0 Å². The Kier molecular flexibility index (Phi) is 4.13. The third-order valence-electron chi connectivity index (χ3n) is 3.28. The summed E-state index contributed by atoms with van der Waals surface area (Å²) in [6, 6.07) is 8.90. The lowest BCUT2D eigenvalue weighted by molar-refractivity contribution is 0.544. The highest BCUT2D eigenvalue weighted by Gasteiger charge is 2.14. The molecule has 0 spiro atoms. The molecule has 1 saturated carbocycles. The Labute approximate surface area is 97.5 Å². The molecule has 1 aromatic rings. The second-order valence-electron chi connectivity index (χ2n) is 4.36. The van der Waals surface area contributed by atoms with Gasteiger partial charge < -0.3 is 0 Å². The van der Waals surface area contributed by atoms with Crippen molar-refractivity contribution in [2.45, 2.75) is 37.0 Å². The molecule has 1 aliphatic carbocycles. The average Bonchev–Trinajstić information content (AvgIpc) is 2.80. The first-order chi connectivity index (χ1) is 7.38. The van der Waals surface area contributed by atoms with Gasteiger partial charge in [-0.15, -0.1) is 11.8 Å². The van der Waals surface area contributed by atoms with Crippen molar-refractivity contribution in [2.75, 3.05) is 6.26 Å². The first kappa shape index (κ1) is 11.1. The van der Waals surface area contributed by atoms with Crippen LogP contribution in [0, 0.1) is 12.3 Å². The summed E-state index contributed by atoms with van der Waals surface area (Å²) in [5.74, 6) is 0.963. The second-order valence-corrected chi connectivity index (χ2v) is 5.24. The Bertz CT molecular complexity index is 283. The quantitative estimate of drug-likeness (QED) is 0.670. The van der Waals surface area contributed by atoms with Gasteiger partial charge in [-0.25, -0.2) is 0 Å². The fraction of sp³-hybridized carbons (Fsp3) is 0.500. The summed E-state index contributed by atoms with van der Waals surface area (Å²) in [6.07, 6.45) is 11.6. The maximum Gasteiger partial charge on any atom is 0.00693 e. The fourth-order valence-electron chi connectivity index (χ4n) is 2.29. The number of hydrogen-bond donors (Lipinski definition) is 0. The Morgan fingerprint density at radius 2 is 1.87 bits per heavy atom. The van der Waals surface area contributed by atoms with E-state index in [1.54, 1.807) is 0 Å². The number of hydrogen-bond acceptors (Lipinski definition) is 1. The van der Waals surface area contributed by atoms with Gasteiger partial charge in [0, 0.05) is 4.90 Å². The van der Waals surface area contributed by atoms with Gasteiger partial charge in [-0.05, 0) is 42.7 Å². The van der Waals surface area contributed by atoms with Crippen LogP contribution in [0.2, 0.25) is 0 Å². The van der Waals surface area contributed by atoms with Crippen LogP contribution in [0.3, 0.4) is 0 Å². The van der Waals surface area contributed by atoms with Crippen molar-refractivity contribution >= 4 is 11.8 Å². The summed E-state index contributed by atoms with van der Waals surface area (Å²) in [6.45, 7) is 0. The predicted molar refractivity (Wildman–Crippen MR) is 68.2 cm³/mol. The summed E-state index contributed by atoms with van der Waals surface area (Å²) in [7, 11) is 0. The van der Waals surface area contributed by atoms with E-state index in [-0.39, 0.29) is 0 Å². The van der Waals surface area contributed by atoms with Crippen LogP contribution in [-0.2, 0) is 0 Å². The minimum atomic E-state index is 0.963. The molecule has 15 heavy (non-hydrogen) atoms. The minimum Gasteiger partial charge on any atom is -0.130 e. The molecule has 0 aromatic heterocycles. The van der Waals surface area contributed by atoms with Gasteiger partial charge in [-0.3, -0.25) is 0 Å². The van der Waals surface area contributed by atoms with Gasteiger partial charge in [-0.1, -0.05) is 37.8 Å². The molecule has 2 rings (SSSR count). The standard InChI is InChI=1S/C14H19S/c1-15-14-10-8-13(9-11-14)7-6-12-4-2-3-5-12/h7-12H,2-6H2,1H3. The molecule has 1 radical (unpaired) electrons. The molecule has 0 heterocycles. The van der Waals surface area contributed by atoms with Gasteiger partial charge in [0.1, 0.15) is 0 Å². The first-order valence-electron chi connectivity index (χ1n) is 5.86. The van der Waals surface area contributed by atoms with Gasteiger partial charge >= 0.3 is 0 Å². The molecule has 0 aliphatic heterocycles. The summed E-state index contributed by atoms with van der Waals surface area (Å²) in [5, 5.41) is 0. The van der Waals surface area contributed by atoms with Crippen molar-refractivity contribution in [1.82, 2.24) is 0 Å². The van der Waals surface area contributed by atoms with Gasteiger partial charge in [0.05, 0.1) is 0 Å². The van der Waals surface area contributed by atoms with Crippen LogP contribution in [0.5, 0.6) is 0 Å². The number of rotatable bonds is 4. The maximum atomic E-state index is 2.40. The zero-order valence-corrected chi connectivity index (χ0v) is 10.2. The molecule has 0 N–H and O–H groups in total. The lowest BCUT2D eigenvalue weighted by atomic mass is 9.98. The Morgan fingerprint density at radius 1 is 1.20 bits per heavy atom. The van der Waals surface area contributed by atoms with Crippen molar-refractivity contribution in [3.8, 4) is 0 Å². The van der Waals surface area contributed by atoms with Crippen LogP contribution in [0.25, 0.3) is 0 Å². The van der Waals surface area contributed by atoms with Crippen LogP contribution in [-0.4, -0.2) is 6.26 Å². The molecule has 0 amide bonds. The van der Waals surface area contributed by atoms with Crippen molar-refractivity contribution in [2.24, 2.45) is 5.92 Å². The van der Waals surface area contributed by atoms with E-state index in [1.165, 1.54) is 42.6 Å². The molecule has 0 unspecified atom stereocenters. The molecule has 1 aliphatic rings. The zero-order valence-electron chi connectivity index (χ0n) is 9.41. The van der Waals surface area contributed by atoms with E-state index in [1.807, 2.05) is 11.8 Å². The largest absolute Gasteiger partial charge is 0.130 e. The topological polar surface area (TPSA) is 0 Å². The number of thioether (sulfide) groups is 1. The molecule has 0 bridgehead atoms. The van der Waals surface area contributed by atoms with E-state index < -0.39 is 0 Å². The predicted octanol–water partition coefficient (Wildman–Crippen LogP) is 4.54. The van der Waals surface area contributed by atoms with Crippen LogP contribution in [0.15, 0.2) is 29.2 Å². The Balaban J connectivity index is 1.82. The van der Waals surface area contributed by atoms with Crippen molar-refractivity contribution < 1.29 is 0 Å². The molecule has 0 nitrogen and oxygen atoms in total. The molecule has 1 fully saturated rings. The van der Waals surface area contributed by atoms with Crippen LogP contribution < -0.4 is 0 Å². The zero-order chi connectivity index (χ0) is 10.5. The van der Waals surface area contributed by atoms with E-state index in [9.17, 15) is 0 Å². The highest BCUT2D eigenvalue weighted by molar-refractivity contribution is 7.98. The molecular weight excluding hydrogens is 200 g/mol. The van der Waals surface area contributed by atoms with Gasteiger partial charge in [-0.2, -0.15) is 0 Å². The summed E-state index contributed by atoms with van der Waals surface area (Å²) in [4.78, 5) is 1.35. The lowest BCUT2D eigenvalue weighted by Gasteiger charge is -2.08. The third-order valence-corrected chi connectivity index (χ3v) is 4.02. The molecule has 1 heteroatoms. The molecule has 0 atom stereocenters. The van der Waals surface area contributed by atoms with Crippen molar-refractivity contribution in [3.05, 3.63) is 36.2 Å². The van der Waals surface area contributed by atoms with E-state index in [0.29, 0.717) is 0 Å². The summed E-state index contributed by atoms with van der Waals surface area (Å²) >= 11 is 1.81. The van der Waals surface area contributed by atoms with Crippen LogP contribution in [0.1, 0.15) is 37.7 Å². The first-order valence-corrected chi connectivity index (χ1v) is 7.08. The Hall–Kier alpha value is -0.430. The SMILES string of the molecule is CSc1ccc([CH]CC2CCCC2)cc1. The van der Waals surface area contributed by atoms with Crippen LogP contribution >= 0.6 is 11.8 Å². The average molecular weight is 219 g/mol. The lowest BCUT2D eigenvalue weighted by Crippen LogP contribution is -1.94. The van der Waals surface area contributed by atoms with E-state index in [2.05, 4.69) is 36.9 Å². The fourth-order valence-corrected chi connectivity index (χ4v) is 2.70. The molecular formula is C14H19S. The van der Waals surface area contributed by atoms with E-state index >= 15 is 0 Å². The van der Waals surface area contributed by atoms with Gasteiger partial charge in [0.2, 0.25) is 0 Å². The monoisotopic (exact) mass is 219 g/mol. The van der Waals surface area contributed by atoms with Crippen molar-refractivity contribution in [1.29, 1.82) is 0 Å². The molecule has 81 valence electrons. The maximum absolute atomic E-state index is 2.40. The van der Waals surface area contributed by atoms with Gasteiger partial charge in [0.15, 0.2) is 0 Å². The Morgan fingerprint density at radius 3 is 2.47 bits per heavy atom. The summed E-state index contributed by atoms with van der Waals surface area (Å²) < 4.78 is 0. The van der Waals surface area contributed by atoms with E-state index in [4.69, 9.17) is 0 Å². The van der Waals surface area contributed by atoms with Crippen LogP contribution in [0.4, 0.5) is 0 Å². The number of benzene rings is 1. The second kappa shape index (κ2) is 5.60.